The van der Waals surface area contributed by atoms with Crippen molar-refractivity contribution in [3.8, 4) is 0 Å². The van der Waals surface area contributed by atoms with Gasteiger partial charge in [-0.05, 0) is 38.4 Å². The molecular formula is C18H27N3O2. The van der Waals surface area contributed by atoms with Crippen molar-refractivity contribution in [2.24, 2.45) is 5.73 Å². The van der Waals surface area contributed by atoms with Gasteiger partial charge in [-0.25, -0.2) is 0 Å². The Morgan fingerprint density at radius 2 is 1.83 bits per heavy atom. The van der Waals surface area contributed by atoms with E-state index in [2.05, 4.69) is 17.1 Å². The molecule has 5 nitrogen and oxygen atoms in total. The normalized spacial score (nSPS) is 18.1. The highest BCUT2D eigenvalue weighted by atomic mass is 16.2. The molecule has 1 aliphatic heterocycles. The molecule has 0 aromatic heterocycles. The molecule has 1 aromatic rings. The van der Waals surface area contributed by atoms with E-state index in [1.807, 2.05) is 30.3 Å². The molecule has 0 bridgehead atoms. The molecule has 0 radical (unpaired) electrons. The molecule has 0 aliphatic carbocycles. The summed E-state index contributed by atoms with van der Waals surface area (Å²) in [6, 6.07) is 9.14. The number of nitrogens with two attached hydrogens (primary N) is 1. The Balaban J connectivity index is 1.86. The maximum absolute atomic E-state index is 12.3. The predicted molar refractivity (Wildman–Crippen MR) is 90.8 cm³/mol. The predicted octanol–water partition coefficient (Wildman–Crippen LogP) is 1.46. The second-order valence-electron chi connectivity index (χ2n) is 6.36. The average Bonchev–Trinajstić information content (AvgIpc) is 2.56. The highest BCUT2D eigenvalue weighted by molar-refractivity contribution is 5.87. The van der Waals surface area contributed by atoms with Crippen LogP contribution in [0.15, 0.2) is 30.3 Å². The molecule has 0 saturated carbocycles. The summed E-state index contributed by atoms with van der Waals surface area (Å²) in [5, 5.41) is 2.79. The first kappa shape index (κ1) is 17.5. The van der Waals surface area contributed by atoms with Crippen LogP contribution in [0.2, 0.25) is 0 Å². The number of piperidine rings is 1. The third kappa shape index (κ3) is 5.67. The molecule has 0 spiro atoms. The van der Waals surface area contributed by atoms with Crippen molar-refractivity contribution in [3.63, 3.8) is 0 Å². The first-order chi connectivity index (χ1) is 11.1. The van der Waals surface area contributed by atoms with Crippen molar-refractivity contribution < 1.29 is 9.59 Å². The Labute approximate surface area is 138 Å². The van der Waals surface area contributed by atoms with Crippen molar-refractivity contribution in [2.45, 2.75) is 51.1 Å². The Morgan fingerprint density at radius 1 is 1.17 bits per heavy atom. The first-order valence-corrected chi connectivity index (χ1v) is 8.43. The van der Waals surface area contributed by atoms with Gasteiger partial charge in [-0.2, -0.15) is 0 Å². The SMILES string of the molecule is CC(CC(=O)N[C@@H](Cc1ccccc1)C(N)=O)N1CCCCC1. The highest BCUT2D eigenvalue weighted by Gasteiger charge is 2.23. The van der Waals surface area contributed by atoms with Gasteiger partial charge in [-0.3, -0.25) is 9.59 Å². The van der Waals surface area contributed by atoms with E-state index < -0.39 is 11.9 Å². The fourth-order valence-corrected chi connectivity index (χ4v) is 3.08. The minimum absolute atomic E-state index is 0.109. The average molecular weight is 317 g/mol. The van der Waals surface area contributed by atoms with Crippen LogP contribution in [0.25, 0.3) is 0 Å². The van der Waals surface area contributed by atoms with E-state index in [-0.39, 0.29) is 11.9 Å². The molecule has 1 aromatic carbocycles. The number of carbonyl (C=O) groups excluding carboxylic acids is 2. The van der Waals surface area contributed by atoms with Gasteiger partial charge in [0.1, 0.15) is 6.04 Å². The van der Waals surface area contributed by atoms with Crippen LogP contribution < -0.4 is 11.1 Å². The van der Waals surface area contributed by atoms with Gasteiger partial charge in [0.25, 0.3) is 0 Å². The number of carbonyl (C=O) groups is 2. The molecule has 2 rings (SSSR count). The zero-order valence-electron chi connectivity index (χ0n) is 13.8. The number of amides is 2. The van der Waals surface area contributed by atoms with Gasteiger partial charge in [0.2, 0.25) is 11.8 Å². The Kier molecular flexibility index (Phi) is 6.59. The van der Waals surface area contributed by atoms with E-state index in [0.717, 1.165) is 18.7 Å². The number of primary amides is 1. The Bertz CT molecular complexity index is 512. The number of rotatable bonds is 7. The summed E-state index contributed by atoms with van der Waals surface area (Å²) in [6.45, 7) is 4.18. The largest absolute Gasteiger partial charge is 0.368 e. The number of hydrogen-bond donors (Lipinski definition) is 2. The maximum atomic E-state index is 12.3. The summed E-state index contributed by atoms with van der Waals surface area (Å²) in [6.07, 6.45) is 4.50. The van der Waals surface area contributed by atoms with Crippen LogP contribution in [0.4, 0.5) is 0 Å². The number of likely N-dealkylation sites (tertiary alicyclic amines) is 1. The van der Waals surface area contributed by atoms with E-state index in [4.69, 9.17) is 5.73 Å². The second kappa shape index (κ2) is 8.67. The highest BCUT2D eigenvalue weighted by Crippen LogP contribution is 2.14. The Hall–Kier alpha value is -1.88. The van der Waals surface area contributed by atoms with E-state index in [1.165, 1.54) is 19.3 Å². The molecule has 2 atom stereocenters. The monoisotopic (exact) mass is 317 g/mol. The van der Waals surface area contributed by atoms with E-state index in [9.17, 15) is 9.59 Å². The van der Waals surface area contributed by atoms with Crippen molar-refractivity contribution in [1.29, 1.82) is 0 Å². The van der Waals surface area contributed by atoms with Crippen LogP contribution in [0.3, 0.4) is 0 Å². The first-order valence-electron chi connectivity index (χ1n) is 8.43. The molecular weight excluding hydrogens is 290 g/mol. The molecule has 1 saturated heterocycles. The van der Waals surface area contributed by atoms with E-state index in [0.29, 0.717) is 12.8 Å². The lowest BCUT2D eigenvalue weighted by Crippen LogP contribution is -2.48. The molecule has 2 amide bonds. The van der Waals surface area contributed by atoms with Crippen LogP contribution in [0.5, 0.6) is 0 Å². The fourth-order valence-electron chi connectivity index (χ4n) is 3.08. The topological polar surface area (TPSA) is 75.4 Å². The third-order valence-electron chi connectivity index (χ3n) is 4.46. The standard InChI is InChI=1S/C18H27N3O2/c1-14(21-10-6-3-7-11-21)12-17(22)20-16(18(19)23)13-15-8-4-2-5-9-15/h2,4-5,8-9,14,16H,3,6-7,10-13H2,1H3,(H2,19,23)(H,20,22)/t14?,16-/m0/s1. The fraction of sp³-hybridized carbons (Fsp3) is 0.556. The lowest BCUT2D eigenvalue weighted by atomic mass is 10.0. The van der Waals surface area contributed by atoms with Crippen molar-refractivity contribution in [2.75, 3.05) is 13.1 Å². The number of nitrogens with zero attached hydrogens (tertiary/aromatic N) is 1. The summed E-state index contributed by atoms with van der Waals surface area (Å²) in [5.74, 6) is -0.601. The molecule has 1 unspecified atom stereocenters. The zero-order chi connectivity index (χ0) is 16.7. The molecule has 5 heteroatoms. The van der Waals surface area contributed by atoms with Gasteiger partial charge in [-0.15, -0.1) is 0 Å². The summed E-state index contributed by atoms with van der Waals surface area (Å²) >= 11 is 0. The summed E-state index contributed by atoms with van der Waals surface area (Å²) in [7, 11) is 0. The number of nitrogens with one attached hydrogen (secondary N) is 1. The number of benzene rings is 1. The molecule has 1 aliphatic rings. The van der Waals surface area contributed by atoms with Crippen LogP contribution in [-0.2, 0) is 16.0 Å². The second-order valence-corrected chi connectivity index (χ2v) is 6.36. The summed E-state index contributed by atoms with van der Waals surface area (Å²) in [5.41, 5.74) is 6.43. The van der Waals surface area contributed by atoms with Crippen LogP contribution in [0, 0.1) is 0 Å². The molecule has 3 N–H and O–H groups in total. The minimum Gasteiger partial charge on any atom is -0.368 e. The summed E-state index contributed by atoms with van der Waals surface area (Å²) in [4.78, 5) is 26.2. The molecule has 1 fully saturated rings. The van der Waals surface area contributed by atoms with Gasteiger partial charge in [0.05, 0.1) is 0 Å². The van der Waals surface area contributed by atoms with Crippen LogP contribution in [-0.4, -0.2) is 41.9 Å². The van der Waals surface area contributed by atoms with Crippen molar-refractivity contribution in [1.82, 2.24) is 10.2 Å². The molecule has 1 heterocycles. The molecule has 23 heavy (non-hydrogen) atoms. The van der Waals surface area contributed by atoms with Gasteiger partial charge < -0.3 is 16.0 Å². The third-order valence-corrected chi connectivity index (χ3v) is 4.46. The van der Waals surface area contributed by atoms with Crippen molar-refractivity contribution in [3.05, 3.63) is 35.9 Å². The quantitative estimate of drug-likeness (QED) is 0.799. The lowest BCUT2D eigenvalue weighted by Gasteiger charge is -2.32. The van der Waals surface area contributed by atoms with E-state index in [1.54, 1.807) is 0 Å². The van der Waals surface area contributed by atoms with Crippen molar-refractivity contribution >= 4 is 11.8 Å². The Morgan fingerprint density at radius 3 is 2.43 bits per heavy atom. The van der Waals surface area contributed by atoms with Crippen LogP contribution in [0.1, 0.15) is 38.2 Å². The van der Waals surface area contributed by atoms with Gasteiger partial charge in [-0.1, -0.05) is 36.8 Å². The summed E-state index contributed by atoms with van der Waals surface area (Å²) < 4.78 is 0. The molecule has 126 valence electrons. The lowest BCUT2D eigenvalue weighted by molar-refractivity contribution is -0.128. The smallest absolute Gasteiger partial charge is 0.240 e. The zero-order valence-corrected chi connectivity index (χ0v) is 13.8. The maximum Gasteiger partial charge on any atom is 0.240 e. The van der Waals surface area contributed by atoms with Gasteiger partial charge >= 0.3 is 0 Å². The van der Waals surface area contributed by atoms with Crippen LogP contribution >= 0.6 is 0 Å². The van der Waals surface area contributed by atoms with Gasteiger partial charge in [0, 0.05) is 18.9 Å². The van der Waals surface area contributed by atoms with Gasteiger partial charge in [0.15, 0.2) is 0 Å². The van der Waals surface area contributed by atoms with E-state index >= 15 is 0 Å². The number of hydrogen-bond acceptors (Lipinski definition) is 3. The minimum atomic E-state index is -0.654.